The molecule has 0 amide bonds. The number of rotatable bonds is 5. The summed E-state index contributed by atoms with van der Waals surface area (Å²) >= 11 is 0. The minimum atomic E-state index is -0.727. The van der Waals surface area contributed by atoms with Gasteiger partial charge < -0.3 is 25.1 Å². The molecule has 0 aliphatic rings. The first-order chi connectivity index (χ1) is 8.49. The van der Waals surface area contributed by atoms with E-state index in [1.807, 2.05) is 0 Å². The molecule has 18 heavy (non-hydrogen) atoms. The van der Waals surface area contributed by atoms with E-state index in [0.29, 0.717) is 11.5 Å². The first-order valence-corrected chi connectivity index (χ1v) is 5.36. The van der Waals surface area contributed by atoms with Gasteiger partial charge in [0, 0.05) is 12.1 Å². The Morgan fingerprint density at radius 2 is 1.89 bits per heavy atom. The lowest BCUT2D eigenvalue weighted by Gasteiger charge is -2.12. The van der Waals surface area contributed by atoms with E-state index >= 15 is 0 Å². The molecule has 0 spiro atoms. The molecule has 0 saturated heterocycles. The van der Waals surface area contributed by atoms with Crippen molar-refractivity contribution >= 4 is 11.7 Å². The van der Waals surface area contributed by atoms with Crippen LogP contribution in [0.3, 0.4) is 0 Å². The van der Waals surface area contributed by atoms with Crippen molar-refractivity contribution in [2.75, 3.05) is 26.6 Å². The van der Waals surface area contributed by atoms with Gasteiger partial charge in [-0.1, -0.05) is 0 Å². The van der Waals surface area contributed by atoms with Crippen molar-refractivity contribution in [3.8, 4) is 11.5 Å². The van der Waals surface area contributed by atoms with Crippen LogP contribution in [0.25, 0.3) is 0 Å². The molecule has 0 radical (unpaired) electrons. The number of carbonyl (C=O) groups excluding carboxylic acids is 1. The summed E-state index contributed by atoms with van der Waals surface area (Å²) < 4.78 is 15.0. The number of nitrogen functional groups attached to an aromatic ring is 1. The molecule has 0 aliphatic heterocycles. The van der Waals surface area contributed by atoms with Crippen molar-refractivity contribution < 1.29 is 24.1 Å². The van der Waals surface area contributed by atoms with Crippen molar-refractivity contribution in [2.45, 2.75) is 13.0 Å². The Kier molecular flexibility index (Phi) is 4.79. The molecule has 0 fully saturated rings. The van der Waals surface area contributed by atoms with Gasteiger partial charge in [-0.05, 0) is 6.92 Å². The zero-order valence-corrected chi connectivity index (χ0v) is 10.6. The van der Waals surface area contributed by atoms with Crippen LogP contribution in [0.5, 0.6) is 11.5 Å². The fourth-order valence-corrected chi connectivity index (χ4v) is 1.35. The first kappa shape index (κ1) is 14.1. The topological polar surface area (TPSA) is 91.0 Å². The second-order valence-electron chi connectivity index (χ2n) is 3.74. The maximum Gasteiger partial charge on any atom is 0.340 e. The van der Waals surface area contributed by atoms with Gasteiger partial charge in [-0.2, -0.15) is 0 Å². The highest BCUT2D eigenvalue weighted by Crippen LogP contribution is 2.32. The normalized spacial score (nSPS) is 11.8. The third-order valence-electron chi connectivity index (χ3n) is 2.23. The number of hydrogen-bond donors (Lipinski definition) is 2. The standard InChI is InChI=1S/C12H17NO5/c1-7(14)6-18-12(15)8-4-10(16-2)11(17-3)5-9(8)13/h4-5,7,14H,6,13H2,1-3H3. The van der Waals surface area contributed by atoms with Crippen LogP contribution in [0.4, 0.5) is 5.69 Å². The summed E-state index contributed by atoms with van der Waals surface area (Å²) in [6.07, 6.45) is -0.727. The van der Waals surface area contributed by atoms with Gasteiger partial charge in [0.25, 0.3) is 0 Å². The van der Waals surface area contributed by atoms with Gasteiger partial charge in [0.2, 0.25) is 0 Å². The minimum Gasteiger partial charge on any atom is -0.493 e. The molecule has 0 heterocycles. The number of hydrogen-bond acceptors (Lipinski definition) is 6. The summed E-state index contributed by atoms with van der Waals surface area (Å²) in [5.41, 5.74) is 6.13. The number of nitrogens with two attached hydrogens (primary N) is 1. The fourth-order valence-electron chi connectivity index (χ4n) is 1.35. The van der Waals surface area contributed by atoms with Gasteiger partial charge in [0.05, 0.1) is 31.6 Å². The second kappa shape index (κ2) is 6.11. The predicted octanol–water partition coefficient (Wildman–Crippen LogP) is 0.824. The van der Waals surface area contributed by atoms with E-state index in [2.05, 4.69) is 0 Å². The van der Waals surface area contributed by atoms with Crippen LogP contribution in [0.15, 0.2) is 12.1 Å². The molecule has 1 aromatic rings. The third-order valence-corrected chi connectivity index (χ3v) is 2.23. The minimum absolute atomic E-state index is 0.0907. The van der Waals surface area contributed by atoms with E-state index in [1.165, 1.54) is 33.3 Å². The number of ether oxygens (including phenoxy) is 3. The maximum absolute atomic E-state index is 11.7. The number of carbonyl (C=O) groups is 1. The highest BCUT2D eigenvalue weighted by molar-refractivity contribution is 5.96. The average molecular weight is 255 g/mol. The van der Waals surface area contributed by atoms with Crippen LogP contribution in [0.2, 0.25) is 0 Å². The molecule has 1 atom stereocenters. The predicted molar refractivity (Wildman–Crippen MR) is 65.9 cm³/mol. The number of aliphatic hydroxyl groups excluding tert-OH is 1. The quantitative estimate of drug-likeness (QED) is 0.598. The summed E-state index contributed by atoms with van der Waals surface area (Å²) in [5.74, 6) is 0.201. The van der Waals surface area contributed by atoms with Crippen molar-refractivity contribution in [2.24, 2.45) is 0 Å². The van der Waals surface area contributed by atoms with Gasteiger partial charge in [0.1, 0.15) is 6.61 Å². The van der Waals surface area contributed by atoms with E-state index in [9.17, 15) is 4.79 Å². The molecule has 3 N–H and O–H groups in total. The fraction of sp³-hybridized carbons (Fsp3) is 0.417. The number of anilines is 1. The lowest BCUT2D eigenvalue weighted by molar-refractivity contribution is 0.0297. The lowest BCUT2D eigenvalue weighted by Crippen LogP contribution is -2.16. The van der Waals surface area contributed by atoms with Crippen molar-refractivity contribution in [1.29, 1.82) is 0 Å². The molecular weight excluding hydrogens is 238 g/mol. The van der Waals surface area contributed by atoms with Crippen molar-refractivity contribution in [1.82, 2.24) is 0 Å². The van der Waals surface area contributed by atoms with Crippen molar-refractivity contribution in [3.63, 3.8) is 0 Å². The largest absolute Gasteiger partial charge is 0.493 e. The van der Waals surface area contributed by atoms with E-state index in [0.717, 1.165) is 0 Å². The summed E-state index contributed by atoms with van der Waals surface area (Å²) in [5, 5.41) is 9.05. The monoisotopic (exact) mass is 255 g/mol. The molecular formula is C12H17NO5. The Morgan fingerprint density at radius 3 is 2.39 bits per heavy atom. The Hall–Kier alpha value is -1.95. The summed E-state index contributed by atoms with van der Waals surface area (Å²) in [6, 6.07) is 2.93. The van der Waals surface area contributed by atoms with Gasteiger partial charge >= 0.3 is 5.97 Å². The molecule has 0 aliphatic carbocycles. The SMILES string of the molecule is COc1cc(N)c(C(=O)OCC(C)O)cc1OC. The Labute approximate surface area is 105 Å². The lowest BCUT2D eigenvalue weighted by atomic mass is 10.1. The zero-order valence-electron chi connectivity index (χ0n) is 10.6. The molecule has 0 bridgehead atoms. The van der Waals surface area contributed by atoms with E-state index in [1.54, 1.807) is 0 Å². The van der Waals surface area contributed by atoms with Crippen LogP contribution >= 0.6 is 0 Å². The smallest absolute Gasteiger partial charge is 0.340 e. The molecule has 0 saturated carbocycles. The molecule has 6 nitrogen and oxygen atoms in total. The van der Waals surface area contributed by atoms with Crippen LogP contribution in [-0.2, 0) is 4.74 Å². The zero-order chi connectivity index (χ0) is 13.7. The first-order valence-electron chi connectivity index (χ1n) is 5.36. The van der Waals surface area contributed by atoms with Gasteiger partial charge in [-0.25, -0.2) is 4.79 Å². The third kappa shape index (κ3) is 3.27. The highest BCUT2D eigenvalue weighted by atomic mass is 16.5. The number of aliphatic hydroxyl groups is 1. The van der Waals surface area contributed by atoms with E-state index in [4.69, 9.17) is 25.1 Å². The van der Waals surface area contributed by atoms with E-state index < -0.39 is 12.1 Å². The average Bonchev–Trinajstić information content (AvgIpc) is 2.35. The second-order valence-corrected chi connectivity index (χ2v) is 3.74. The maximum atomic E-state index is 11.7. The van der Waals surface area contributed by atoms with Crippen LogP contribution in [-0.4, -0.2) is 38.0 Å². The van der Waals surface area contributed by atoms with Crippen LogP contribution in [0, 0.1) is 0 Å². The highest BCUT2D eigenvalue weighted by Gasteiger charge is 2.16. The Balaban J connectivity index is 2.98. The number of methoxy groups -OCH3 is 2. The van der Waals surface area contributed by atoms with Gasteiger partial charge in [0.15, 0.2) is 11.5 Å². The van der Waals surface area contributed by atoms with Gasteiger partial charge in [-0.15, -0.1) is 0 Å². The summed E-state index contributed by atoms with van der Waals surface area (Å²) in [6.45, 7) is 1.43. The molecule has 0 aromatic heterocycles. The van der Waals surface area contributed by atoms with E-state index in [-0.39, 0.29) is 17.9 Å². The van der Waals surface area contributed by atoms with Crippen LogP contribution < -0.4 is 15.2 Å². The molecule has 1 aromatic carbocycles. The van der Waals surface area contributed by atoms with Crippen LogP contribution in [0.1, 0.15) is 17.3 Å². The molecule has 100 valence electrons. The summed E-state index contributed by atoms with van der Waals surface area (Å²) in [4.78, 5) is 11.7. The molecule has 6 heteroatoms. The Bertz CT molecular complexity index is 431. The van der Waals surface area contributed by atoms with Crippen molar-refractivity contribution in [3.05, 3.63) is 17.7 Å². The summed E-state index contributed by atoms with van der Waals surface area (Å²) in [7, 11) is 2.93. The number of esters is 1. The number of benzene rings is 1. The molecule has 1 rings (SSSR count). The Morgan fingerprint density at radius 1 is 1.33 bits per heavy atom. The van der Waals surface area contributed by atoms with Gasteiger partial charge in [-0.3, -0.25) is 0 Å². The molecule has 1 unspecified atom stereocenters.